The number of carbonyl (C=O) groups excluding carboxylic acids is 1. The molecule has 6 heteroatoms. The van der Waals surface area contributed by atoms with Gasteiger partial charge in [0, 0.05) is 23.4 Å². The van der Waals surface area contributed by atoms with Gasteiger partial charge < -0.3 is 13.8 Å². The molecule has 0 unspecified atom stereocenters. The van der Waals surface area contributed by atoms with Crippen molar-refractivity contribution < 1.29 is 13.7 Å². The first-order valence-electron chi connectivity index (χ1n) is 8.85. The van der Waals surface area contributed by atoms with Crippen LogP contribution in [0.2, 0.25) is 0 Å². The zero-order valence-electron chi connectivity index (χ0n) is 14.1. The van der Waals surface area contributed by atoms with Gasteiger partial charge in [-0.2, -0.15) is 4.98 Å². The third-order valence-electron chi connectivity index (χ3n) is 5.23. The SMILES string of the molecule is Cc1c(C(=O)N2CCC[C@H]2c2noc(C3CC3)n2)oc2ccccc12. The number of amides is 1. The van der Waals surface area contributed by atoms with Crippen LogP contribution in [0.3, 0.4) is 0 Å². The third-order valence-corrected chi connectivity index (χ3v) is 5.23. The number of rotatable bonds is 3. The number of aromatic nitrogens is 2. The smallest absolute Gasteiger partial charge is 0.290 e. The number of likely N-dealkylation sites (tertiary alicyclic amines) is 1. The van der Waals surface area contributed by atoms with Gasteiger partial charge in [0.15, 0.2) is 11.6 Å². The summed E-state index contributed by atoms with van der Waals surface area (Å²) in [4.78, 5) is 19.5. The van der Waals surface area contributed by atoms with Crippen LogP contribution in [0.15, 0.2) is 33.2 Å². The lowest BCUT2D eigenvalue weighted by molar-refractivity contribution is 0.0697. The number of furan rings is 1. The van der Waals surface area contributed by atoms with Crippen LogP contribution < -0.4 is 0 Å². The van der Waals surface area contributed by atoms with E-state index in [9.17, 15) is 4.79 Å². The summed E-state index contributed by atoms with van der Waals surface area (Å²) in [5, 5.41) is 5.12. The topological polar surface area (TPSA) is 72.4 Å². The number of benzene rings is 1. The fourth-order valence-electron chi connectivity index (χ4n) is 3.67. The van der Waals surface area contributed by atoms with E-state index in [0.717, 1.165) is 42.2 Å². The maximum Gasteiger partial charge on any atom is 0.290 e. The van der Waals surface area contributed by atoms with Crippen molar-refractivity contribution in [3.8, 4) is 0 Å². The number of hydrogen-bond donors (Lipinski definition) is 0. The molecular weight excluding hydrogens is 318 g/mol. The highest BCUT2D eigenvalue weighted by Gasteiger charge is 2.37. The van der Waals surface area contributed by atoms with Gasteiger partial charge in [-0.3, -0.25) is 4.79 Å². The first-order chi connectivity index (χ1) is 12.2. The molecule has 0 bridgehead atoms. The summed E-state index contributed by atoms with van der Waals surface area (Å²) in [6, 6.07) is 7.61. The summed E-state index contributed by atoms with van der Waals surface area (Å²) in [5.74, 6) is 2.09. The zero-order chi connectivity index (χ0) is 17.0. The van der Waals surface area contributed by atoms with E-state index in [0.29, 0.717) is 29.9 Å². The van der Waals surface area contributed by atoms with Gasteiger partial charge >= 0.3 is 0 Å². The quantitative estimate of drug-likeness (QED) is 0.723. The maximum absolute atomic E-state index is 13.1. The first-order valence-corrected chi connectivity index (χ1v) is 8.85. The van der Waals surface area contributed by atoms with E-state index < -0.39 is 0 Å². The van der Waals surface area contributed by atoms with Gasteiger partial charge in [-0.15, -0.1) is 0 Å². The summed E-state index contributed by atoms with van der Waals surface area (Å²) < 4.78 is 11.2. The highest BCUT2D eigenvalue weighted by atomic mass is 16.5. The second-order valence-electron chi connectivity index (χ2n) is 6.97. The van der Waals surface area contributed by atoms with Crippen LogP contribution in [0.1, 0.15) is 65.5 Å². The molecular formula is C19H19N3O3. The summed E-state index contributed by atoms with van der Waals surface area (Å²) in [5.41, 5.74) is 1.63. The molecule has 2 aromatic heterocycles. The Hall–Kier alpha value is -2.63. The Balaban J connectivity index is 1.47. The molecule has 1 aliphatic carbocycles. The van der Waals surface area contributed by atoms with Crippen molar-refractivity contribution in [2.24, 2.45) is 0 Å². The second kappa shape index (κ2) is 5.44. The van der Waals surface area contributed by atoms with Crippen molar-refractivity contribution in [2.75, 3.05) is 6.54 Å². The predicted octanol–water partition coefficient (Wildman–Crippen LogP) is 3.98. The maximum atomic E-state index is 13.1. The van der Waals surface area contributed by atoms with Crippen LogP contribution in [0, 0.1) is 6.92 Å². The number of fused-ring (bicyclic) bond motifs is 1. The average molecular weight is 337 g/mol. The fraction of sp³-hybridized carbons (Fsp3) is 0.421. The van der Waals surface area contributed by atoms with E-state index in [1.807, 2.05) is 36.1 Å². The number of carbonyl (C=O) groups is 1. The van der Waals surface area contributed by atoms with E-state index in [4.69, 9.17) is 8.94 Å². The molecule has 0 N–H and O–H groups in total. The normalized spacial score (nSPS) is 20.5. The van der Waals surface area contributed by atoms with Gasteiger partial charge in [-0.25, -0.2) is 0 Å². The summed E-state index contributed by atoms with van der Waals surface area (Å²) >= 11 is 0. The molecule has 2 fully saturated rings. The van der Waals surface area contributed by atoms with Gasteiger partial charge in [0.2, 0.25) is 5.89 Å². The van der Waals surface area contributed by atoms with Crippen LogP contribution in [-0.2, 0) is 0 Å². The molecule has 3 heterocycles. The van der Waals surface area contributed by atoms with E-state index in [2.05, 4.69) is 10.1 Å². The fourth-order valence-corrected chi connectivity index (χ4v) is 3.67. The predicted molar refractivity (Wildman–Crippen MR) is 90.2 cm³/mol. The minimum Gasteiger partial charge on any atom is -0.451 e. The minimum absolute atomic E-state index is 0.0889. The lowest BCUT2D eigenvalue weighted by Gasteiger charge is -2.21. The monoisotopic (exact) mass is 337 g/mol. The number of aryl methyl sites for hydroxylation is 1. The standard InChI is InChI=1S/C19H19N3O3/c1-11-13-5-2-3-7-15(13)24-16(11)19(23)22-10-4-6-14(22)17-20-18(25-21-17)12-8-9-12/h2-3,5,7,12,14H,4,6,8-10H2,1H3/t14-/m0/s1. The number of para-hydroxylation sites is 1. The van der Waals surface area contributed by atoms with Gasteiger partial charge in [0.25, 0.3) is 5.91 Å². The highest BCUT2D eigenvalue weighted by molar-refractivity contribution is 5.99. The molecule has 1 amide bonds. The Kier molecular flexibility index (Phi) is 3.20. The first kappa shape index (κ1) is 14.7. The Labute approximate surface area is 144 Å². The zero-order valence-corrected chi connectivity index (χ0v) is 14.1. The summed E-state index contributed by atoms with van der Waals surface area (Å²) in [6.45, 7) is 2.62. The summed E-state index contributed by atoms with van der Waals surface area (Å²) in [7, 11) is 0. The number of nitrogens with zero attached hydrogens (tertiary/aromatic N) is 3. The van der Waals surface area contributed by atoms with E-state index in [1.165, 1.54) is 0 Å². The molecule has 6 nitrogen and oxygen atoms in total. The van der Waals surface area contributed by atoms with Crippen molar-refractivity contribution >= 4 is 16.9 Å². The molecule has 1 atom stereocenters. The average Bonchev–Trinajstić information content (AvgIpc) is 3.07. The Morgan fingerprint density at radius 2 is 2.08 bits per heavy atom. The van der Waals surface area contributed by atoms with Crippen molar-refractivity contribution in [3.05, 3.63) is 47.3 Å². The van der Waals surface area contributed by atoms with E-state index in [1.54, 1.807) is 0 Å². The van der Waals surface area contributed by atoms with Crippen LogP contribution >= 0.6 is 0 Å². The van der Waals surface area contributed by atoms with Gasteiger partial charge in [-0.05, 0) is 38.7 Å². The van der Waals surface area contributed by atoms with E-state index in [-0.39, 0.29) is 11.9 Å². The minimum atomic E-state index is -0.128. The van der Waals surface area contributed by atoms with E-state index >= 15 is 0 Å². The van der Waals surface area contributed by atoms with Gasteiger partial charge in [0.1, 0.15) is 5.58 Å². The second-order valence-corrected chi connectivity index (χ2v) is 6.97. The van der Waals surface area contributed by atoms with Crippen LogP contribution in [0.5, 0.6) is 0 Å². The molecule has 0 spiro atoms. The highest BCUT2D eigenvalue weighted by Crippen LogP contribution is 2.40. The van der Waals surface area contributed by atoms with Gasteiger partial charge in [-0.1, -0.05) is 23.4 Å². The molecule has 2 aliphatic rings. The molecule has 5 rings (SSSR count). The lowest BCUT2D eigenvalue weighted by Crippen LogP contribution is -2.31. The van der Waals surface area contributed by atoms with Crippen molar-refractivity contribution in [3.63, 3.8) is 0 Å². The largest absolute Gasteiger partial charge is 0.451 e. The molecule has 0 radical (unpaired) electrons. The molecule has 1 aromatic carbocycles. The third kappa shape index (κ3) is 2.35. The number of hydrogen-bond acceptors (Lipinski definition) is 5. The van der Waals surface area contributed by atoms with Crippen LogP contribution in [0.4, 0.5) is 0 Å². The molecule has 128 valence electrons. The van der Waals surface area contributed by atoms with Crippen LogP contribution in [0.25, 0.3) is 11.0 Å². The Morgan fingerprint density at radius 1 is 1.24 bits per heavy atom. The molecule has 1 aliphatic heterocycles. The Bertz CT molecular complexity index is 954. The summed E-state index contributed by atoms with van der Waals surface area (Å²) in [6.07, 6.45) is 4.03. The molecule has 1 saturated heterocycles. The van der Waals surface area contributed by atoms with Crippen molar-refractivity contribution in [1.29, 1.82) is 0 Å². The van der Waals surface area contributed by atoms with Crippen molar-refractivity contribution in [1.82, 2.24) is 15.0 Å². The Morgan fingerprint density at radius 3 is 2.88 bits per heavy atom. The molecule has 1 saturated carbocycles. The molecule has 3 aromatic rings. The lowest BCUT2D eigenvalue weighted by atomic mass is 10.1. The van der Waals surface area contributed by atoms with Crippen LogP contribution in [-0.4, -0.2) is 27.5 Å². The van der Waals surface area contributed by atoms with Gasteiger partial charge in [0.05, 0.1) is 6.04 Å². The molecule has 25 heavy (non-hydrogen) atoms. The van der Waals surface area contributed by atoms with Crippen molar-refractivity contribution in [2.45, 2.75) is 44.6 Å².